The van der Waals surface area contributed by atoms with Crippen molar-refractivity contribution in [1.82, 2.24) is 0 Å². The normalized spacial score (nSPS) is 17.5. The standard InChI is InChI=1S/C39H60Si/c1-6-7-8-9-10-11-12-13-14-15-16-17-18-19-20-27-32-40(37-28-23-21-24-29-37,38-30-25-22-26-31-38)39(5)33-34(2)35(3)36(39)4/h21-26,28-31,33H,6-20,27,32H2,1-5H3. The molecule has 0 nitrogen and oxygen atoms in total. The minimum absolute atomic E-state index is 0.110. The summed E-state index contributed by atoms with van der Waals surface area (Å²) in [5, 5.41) is 3.31. The van der Waals surface area contributed by atoms with Crippen LogP contribution >= 0.6 is 0 Å². The zero-order valence-corrected chi connectivity index (χ0v) is 27.9. The zero-order valence-electron chi connectivity index (χ0n) is 26.9. The van der Waals surface area contributed by atoms with Gasteiger partial charge in [0.1, 0.15) is 8.07 Å². The van der Waals surface area contributed by atoms with E-state index in [9.17, 15) is 0 Å². The van der Waals surface area contributed by atoms with Crippen LogP contribution in [0.4, 0.5) is 0 Å². The summed E-state index contributed by atoms with van der Waals surface area (Å²) < 4.78 is 0. The van der Waals surface area contributed by atoms with Crippen molar-refractivity contribution in [3.8, 4) is 0 Å². The van der Waals surface area contributed by atoms with E-state index < -0.39 is 8.07 Å². The van der Waals surface area contributed by atoms with Crippen LogP contribution in [0.25, 0.3) is 0 Å². The fourth-order valence-electron chi connectivity index (χ4n) is 7.48. The summed E-state index contributed by atoms with van der Waals surface area (Å²) in [5.41, 5.74) is 4.59. The molecule has 0 heterocycles. The molecular formula is C39H60Si. The highest BCUT2D eigenvalue weighted by Crippen LogP contribution is 2.54. The lowest BCUT2D eigenvalue weighted by Gasteiger charge is -2.47. The van der Waals surface area contributed by atoms with Crippen LogP contribution in [-0.2, 0) is 0 Å². The first-order valence-electron chi connectivity index (χ1n) is 17.0. The van der Waals surface area contributed by atoms with Crippen molar-refractivity contribution in [2.45, 2.75) is 148 Å². The van der Waals surface area contributed by atoms with Gasteiger partial charge in [0.05, 0.1) is 0 Å². The van der Waals surface area contributed by atoms with E-state index in [0.29, 0.717) is 0 Å². The Kier molecular flexibility index (Phi) is 14.0. The Hall–Kier alpha value is -1.86. The third-order valence-corrected chi connectivity index (χ3v) is 16.3. The highest BCUT2D eigenvalue weighted by atomic mass is 28.3. The van der Waals surface area contributed by atoms with Gasteiger partial charge in [-0.05, 0) is 32.4 Å². The van der Waals surface area contributed by atoms with Gasteiger partial charge < -0.3 is 0 Å². The average Bonchev–Trinajstić information content (AvgIpc) is 3.18. The predicted molar refractivity (Wildman–Crippen MR) is 183 cm³/mol. The SMILES string of the molecule is CCCCCCCCCCCCCCCCCC[Si](c1ccccc1)(c1ccccc1)C1(C)C=C(C)C(C)=C1C. The van der Waals surface area contributed by atoms with Crippen LogP contribution < -0.4 is 10.4 Å². The van der Waals surface area contributed by atoms with Gasteiger partial charge in [-0.15, -0.1) is 0 Å². The quantitative estimate of drug-likeness (QED) is 0.112. The first kappa shape index (κ1) is 32.6. The molecule has 0 N–H and O–H groups in total. The maximum atomic E-state index is 2.65. The van der Waals surface area contributed by atoms with Gasteiger partial charge in [0.15, 0.2) is 0 Å². The van der Waals surface area contributed by atoms with E-state index in [-0.39, 0.29) is 5.04 Å². The molecule has 0 bridgehead atoms. The zero-order chi connectivity index (χ0) is 28.7. The number of benzene rings is 2. The van der Waals surface area contributed by atoms with Gasteiger partial charge in [-0.25, -0.2) is 0 Å². The van der Waals surface area contributed by atoms with Crippen LogP contribution in [0.3, 0.4) is 0 Å². The molecule has 0 saturated heterocycles. The molecular weight excluding hydrogens is 497 g/mol. The Labute approximate surface area is 249 Å². The molecule has 220 valence electrons. The summed E-state index contributed by atoms with van der Waals surface area (Å²) in [4.78, 5) is 0. The van der Waals surface area contributed by atoms with Gasteiger partial charge in [-0.1, -0.05) is 205 Å². The largest absolute Gasteiger partial charge is 0.131 e. The van der Waals surface area contributed by atoms with E-state index in [1.807, 2.05) is 0 Å². The molecule has 0 aromatic heterocycles. The molecule has 1 unspecified atom stereocenters. The molecule has 1 atom stereocenters. The van der Waals surface area contributed by atoms with Crippen molar-refractivity contribution >= 4 is 18.4 Å². The highest BCUT2D eigenvalue weighted by molar-refractivity contribution is 7.05. The summed E-state index contributed by atoms with van der Waals surface area (Å²) in [6.07, 6.45) is 25.5. The number of hydrogen-bond donors (Lipinski definition) is 0. The maximum absolute atomic E-state index is 2.65. The molecule has 0 amide bonds. The van der Waals surface area contributed by atoms with Crippen LogP contribution in [0.15, 0.2) is 83.5 Å². The third kappa shape index (κ3) is 8.34. The van der Waals surface area contributed by atoms with E-state index in [1.165, 1.54) is 120 Å². The Morgan fingerprint density at radius 1 is 0.525 bits per heavy atom. The minimum Gasteiger partial charge on any atom is -0.0733 e. The average molecular weight is 557 g/mol. The Morgan fingerprint density at radius 2 is 0.900 bits per heavy atom. The van der Waals surface area contributed by atoms with E-state index in [4.69, 9.17) is 0 Å². The lowest BCUT2D eigenvalue weighted by atomic mass is 10.0. The molecule has 0 radical (unpaired) electrons. The van der Waals surface area contributed by atoms with Crippen molar-refractivity contribution in [3.05, 3.63) is 83.5 Å². The van der Waals surface area contributed by atoms with Crippen LogP contribution in [0.1, 0.15) is 137 Å². The fraction of sp³-hybridized carbons (Fsp3) is 0.590. The van der Waals surface area contributed by atoms with Crippen LogP contribution in [-0.4, -0.2) is 8.07 Å². The summed E-state index contributed by atoms with van der Waals surface area (Å²) >= 11 is 0. The molecule has 0 spiro atoms. The van der Waals surface area contributed by atoms with E-state index in [2.05, 4.69) is 101 Å². The van der Waals surface area contributed by atoms with Gasteiger partial charge in [0.2, 0.25) is 0 Å². The van der Waals surface area contributed by atoms with Gasteiger partial charge in [-0.2, -0.15) is 0 Å². The van der Waals surface area contributed by atoms with Crippen LogP contribution in [0.5, 0.6) is 0 Å². The van der Waals surface area contributed by atoms with Crippen molar-refractivity contribution in [3.63, 3.8) is 0 Å². The second kappa shape index (κ2) is 17.2. The van der Waals surface area contributed by atoms with Crippen LogP contribution in [0.2, 0.25) is 11.1 Å². The lowest BCUT2D eigenvalue weighted by molar-refractivity contribution is 0.531. The topological polar surface area (TPSA) is 0 Å². The first-order valence-corrected chi connectivity index (χ1v) is 19.2. The summed E-state index contributed by atoms with van der Waals surface area (Å²) in [7, 11) is -2.13. The van der Waals surface area contributed by atoms with Gasteiger partial charge >= 0.3 is 0 Å². The van der Waals surface area contributed by atoms with Crippen molar-refractivity contribution in [2.24, 2.45) is 0 Å². The van der Waals surface area contributed by atoms with Crippen molar-refractivity contribution in [1.29, 1.82) is 0 Å². The predicted octanol–water partition coefficient (Wildman–Crippen LogP) is 11.6. The number of hydrogen-bond acceptors (Lipinski definition) is 0. The van der Waals surface area contributed by atoms with E-state index in [0.717, 1.165) is 0 Å². The monoisotopic (exact) mass is 556 g/mol. The second-order valence-corrected chi connectivity index (χ2v) is 17.5. The Bertz CT molecular complexity index is 991. The second-order valence-electron chi connectivity index (χ2n) is 13.0. The molecule has 2 aromatic carbocycles. The number of rotatable bonds is 20. The van der Waals surface area contributed by atoms with E-state index >= 15 is 0 Å². The molecule has 40 heavy (non-hydrogen) atoms. The fourth-order valence-corrected chi connectivity index (χ4v) is 13.7. The molecule has 0 fully saturated rings. The summed E-state index contributed by atoms with van der Waals surface area (Å²) in [6.45, 7) is 12.0. The smallest absolute Gasteiger partial charge is 0.0733 e. The summed E-state index contributed by atoms with van der Waals surface area (Å²) in [6, 6.07) is 24.6. The molecule has 1 aliphatic carbocycles. The van der Waals surface area contributed by atoms with Crippen LogP contribution in [0, 0.1) is 0 Å². The van der Waals surface area contributed by atoms with Gasteiger partial charge in [0, 0.05) is 5.04 Å². The molecule has 2 aromatic rings. The van der Waals surface area contributed by atoms with Crippen molar-refractivity contribution in [2.75, 3.05) is 0 Å². The maximum Gasteiger partial charge on any atom is 0.131 e. The Morgan fingerprint density at radius 3 is 1.25 bits per heavy atom. The minimum atomic E-state index is -2.13. The Balaban J connectivity index is 1.52. The molecule has 3 rings (SSSR count). The number of unbranched alkanes of at least 4 members (excludes halogenated alkanes) is 15. The molecule has 1 heteroatoms. The van der Waals surface area contributed by atoms with Gasteiger partial charge in [0.25, 0.3) is 0 Å². The highest BCUT2D eigenvalue weighted by Gasteiger charge is 2.53. The lowest BCUT2D eigenvalue weighted by Crippen LogP contribution is -2.65. The first-order chi connectivity index (χ1) is 19.5. The molecule has 1 aliphatic rings. The van der Waals surface area contributed by atoms with E-state index in [1.54, 1.807) is 15.9 Å². The summed E-state index contributed by atoms with van der Waals surface area (Å²) in [5.74, 6) is 0. The van der Waals surface area contributed by atoms with Gasteiger partial charge in [-0.3, -0.25) is 0 Å². The number of allylic oxidation sites excluding steroid dienone is 4. The third-order valence-electron chi connectivity index (χ3n) is 10.3. The molecule has 0 saturated carbocycles. The van der Waals surface area contributed by atoms with Crippen molar-refractivity contribution < 1.29 is 0 Å². The molecule has 0 aliphatic heterocycles.